The van der Waals surface area contributed by atoms with Crippen molar-refractivity contribution >= 4 is 17.7 Å². The molecule has 0 aromatic heterocycles. The van der Waals surface area contributed by atoms with Crippen LogP contribution in [0.4, 0.5) is 0 Å². The minimum absolute atomic E-state index is 0.0176. The van der Waals surface area contributed by atoms with Gasteiger partial charge in [-0.3, -0.25) is 10.1 Å². The number of carbonyl (C=O) groups excluding carboxylic acids is 1. The van der Waals surface area contributed by atoms with Crippen molar-refractivity contribution in [1.82, 2.24) is 10.2 Å². The largest absolute Gasteiger partial charge is 0.324 e. The molecule has 1 aliphatic carbocycles. The second-order valence-electron chi connectivity index (χ2n) is 7.11. The molecule has 2 fully saturated rings. The zero-order chi connectivity index (χ0) is 15.5. The van der Waals surface area contributed by atoms with Gasteiger partial charge in [-0.1, -0.05) is 46.5 Å². The SMILES string of the molecule is CCCC1NC(C(C)C)C(=O)N1CC1(SC)CCCCC1. The maximum atomic E-state index is 12.8. The summed E-state index contributed by atoms with van der Waals surface area (Å²) >= 11 is 1.99. The van der Waals surface area contributed by atoms with Crippen LogP contribution < -0.4 is 5.32 Å². The van der Waals surface area contributed by atoms with E-state index in [1.165, 1.54) is 32.1 Å². The lowest BCUT2D eigenvalue weighted by Gasteiger charge is -2.40. The van der Waals surface area contributed by atoms with E-state index in [0.29, 0.717) is 16.6 Å². The first-order valence-corrected chi connectivity index (χ1v) is 9.87. The fourth-order valence-electron chi connectivity index (χ4n) is 3.81. The number of rotatable bonds is 6. The van der Waals surface area contributed by atoms with Gasteiger partial charge in [0.05, 0.1) is 12.2 Å². The van der Waals surface area contributed by atoms with Crippen LogP contribution in [0.25, 0.3) is 0 Å². The molecule has 0 spiro atoms. The van der Waals surface area contributed by atoms with Gasteiger partial charge >= 0.3 is 0 Å². The van der Waals surface area contributed by atoms with Crippen LogP contribution in [0, 0.1) is 5.92 Å². The van der Waals surface area contributed by atoms with Crippen LogP contribution in [0.1, 0.15) is 65.7 Å². The van der Waals surface area contributed by atoms with Crippen molar-refractivity contribution in [3.05, 3.63) is 0 Å². The third-order valence-corrected chi connectivity index (χ3v) is 6.59. The molecule has 21 heavy (non-hydrogen) atoms. The third-order valence-electron chi connectivity index (χ3n) is 5.18. The molecule has 2 rings (SSSR count). The molecule has 1 saturated carbocycles. The average Bonchev–Trinajstić information content (AvgIpc) is 2.78. The Morgan fingerprint density at radius 1 is 1.33 bits per heavy atom. The average molecular weight is 313 g/mol. The molecule has 1 amide bonds. The summed E-state index contributed by atoms with van der Waals surface area (Å²) in [6.07, 6.45) is 11.2. The van der Waals surface area contributed by atoms with Crippen molar-refractivity contribution in [1.29, 1.82) is 0 Å². The summed E-state index contributed by atoms with van der Waals surface area (Å²) in [5.41, 5.74) is 0. The van der Waals surface area contributed by atoms with Crippen LogP contribution in [-0.2, 0) is 4.79 Å². The van der Waals surface area contributed by atoms with E-state index in [1.807, 2.05) is 11.8 Å². The van der Waals surface area contributed by atoms with Gasteiger partial charge in [-0.2, -0.15) is 11.8 Å². The summed E-state index contributed by atoms with van der Waals surface area (Å²) in [4.78, 5) is 15.0. The van der Waals surface area contributed by atoms with Gasteiger partial charge in [-0.05, 0) is 31.4 Å². The zero-order valence-corrected chi connectivity index (χ0v) is 15.0. The molecule has 1 heterocycles. The number of hydrogen-bond donors (Lipinski definition) is 1. The second-order valence-corrected chi connectivity index (χ2v) is 8.38. The van der Waals surface area contributed by atoms with Gasteiger partial charge < -0.3 is 4.90 Å². The molecule has 122 valence electrons. The molecule has 3 nitrogen and oxygen atoms in total. The fourth-order valence-corrected chi connectivity index (χ4v) is 4.78. The summed E-state index contributed by atoms with van der Waals surface area (Å²) in [5.74, 6) is 0.709. The zero-order valence-electron chi connectivity index (χ0n) is 14.2. The minimum atomic E-state index is 0.0176. The number of nitrogens with one attached hydrogen (secondary N) is 1. The smallest absolute Gasteiger partial charge is 0.241 e. The number of carbonyl (C=O) groups is 1. The highest BCUT2D eigenvalue weighted by atomic mass is 32.2. The van der Waals surface area contributed by atoms with E-state index in [4.69, 9.17) is 0 Å². The first kappa shape index (κ1) is 17.1. The Bertz CT molecular complexity index is 353. The molecule has 0 radical (unpaired) electrons. The van der Waals surface area contributed by atoms with Crippen LogP contribution in [-0.4, -0.2) is 40.6 Å². The lowest BCUT2D eigenvalue weighted by atomic mass is 9.87. The van der Waals surface area contributed by atoms with Gasteiger partial charge in [0, 0.05) is 11.3 Å². The first-order valence-electron chi connectivity index (χ1n) is 8.64. The van der Waals surface area contributed by atoms with E-state index in [9.17, 15) is 4.79 Å². The summed E-state index contributed by atoms with van der Waals surface area (Å²) in [5, 5.41) is 3.59. The molecule has 2 unspecified atom stereocenters. The molecule has 2 aliphatic rings. The number of amides is 1. The van der Waals surface area contributed by atoms with Crippen molar-refractivity contribution in [3.63, 3.8) is 0 Å². The van der Waals surface area contributed by atoms with Gasteiger partial charge in [0.15, 0.2) is 0 Å². The van der Waals surface area contributed by atoms with Crippen LogP contribution >= 0.6 is 11.8 Å². The highest BCUT2D eigenvalue weighted by Gasteiger charge is 2.44. The molecule has 1 saturated heterocycles. The molecule has 0 bridgehead atoms. The topological polar surface area (TPSA) is 32.3 Å². The molecule has 4 heteroatoms. The highest BCUT2D eigenvalue weighted by Crippen LogP contribution is 2.40. The van der Waals surface area contributed by atoms with E-state index in [1.54, 1.807) is 0 Å². The lowest BCUT2D eigenvalue weighted by molar-refractivity contribution is -0.131. The van der Waals surface area contributed by atoms with Crippen molar-refractivity contribution in [2.45, 2.75) is 82.7 Å². The van der Waals surface area contributed by atoms with Gasteiger partial charge in [0.25, 0.3) is 0 Å². The Morgan fingerprint density at radius 3 is 2.52 bits per heavy atom. The van der Waals surface area contributed by atoms with E-state index < -0.39 is 0 Å². The van der Waals surface area contributed by atoms with Crippen LogP contribution in [0.5, 0.6) is 0 Å². The van der Waals surface area contributed by atoms with Crippen LogP contribution in [0.3, 0.4) is 0 Å². The standard InChI is InChI=1S/C17H32N2OS/c1-5-9-14-18-15(13(2)3)16(20)19(14)12-17(21-4)10-7-6-8-11-17/h13-15,18H,5-12H2,1-4H3. The van der Waals surface area contributed by atoms with Gasteiger partial charge in [0.1, 0.15) is 0 Å². The molecule has 1 aliphatic heterocycles. The maximum Gasteiger partial charge on any atom is 0.241 e. The van der Waals surface area contributed by atoms with E-state index in [2.05, 4.69) is 37.2 Å². The quantitative estimate of drug-likeness (QED) is 0.813. The summed E-state index contributed by atoms with van der Waals surface area (Å²) in [6.45, 7) is 7.44. The lowest BCUT2D eigenvalue weighted by Crippen LogP contribution is -2.47. The molecule has 1 N–H and O–H groups in total. The molecular formula is C17H32N2OS. The molecule has 0 aromatic rings. The third kappa shape index (κ3) is 3.76. The van der Waals surface area contributed by atoms with Gasteiger partial charge in [-0.15, -0.1) is 0 Å². The fraction of sp³-hybridized carbons (Fsp3) is 0.941. The second kappa shape index (κ2) is 7.36. The summed E-state index contributed by atoms with van der Waals surface area (Å²) < 4.78 is 0.299. The Labute approximate surface area is 134 Å². The number of thioether (sulfide) groups is 1. The Kier molecular flexibility index (Phi) is 6.01. The van der Waals surface area contributed by atoms with E-state index in [0.717, 1.165) is 19.4 Å². The Hall–Kier alpha value is -0.220. The van der Waals surface area contributed by atoms with Crippen molar-refractivity contribution in [2.24, 2.45) is 5.92 Å². The normalized spacial score (nSPS) is 29.4. The minimum Gasteiger partial charge on any atom is -0.324 e. The number of nitrogens with zero attached hydrogens (tertiary/aromatic N) is 1. The van der Waals surface area contributed by atoms with E-state index >= 15 is 0 Å². The first-order chi connectivity index (χ1) is 10.0. The van der Waals surface area contributed by atoms with Crippen LogP contribution in [0.15, 0.2) is 0 Å². The summed E-state index contributed by atoms with van der Waals surface area (Å²) in [6, 6.07) is 0.0176. The van der Waals surface area contributed by atoms with Gasteiger partial charge in [0.2, 0.25) is 5.91 Å². The highest BCUT2D eigenvalue weighted by molar-refractivity contribution is 8.00. The Morgan fingerprint density at radius 2 is 2.00 bits per heavy atom. The van der Waals surface area contributed by atoms with Crippen molar-refractivity contribution in [3.8, 4) is 0 Å². The monoisotopic (exact) mass is 312 g/mol. The predicted octanol–water partition coefficient (Wildman–Crippen LogP) is 3.63. The van der Waals surface area contributed by atoms with Crippen molar-refractivity contribution < 1.29 is 4.79 Å². The van der Waals surface area contributed by atoms with Gasteiger partial charge in [-0.25, -0.2) is 0 Å². The molecular weight excluding hydrogens is 280 g/mol. The van der Waals surface area contributed by atoms with E-state index in [-0.39, 0.29) is 12.2 Å². The van der Waals surface area contributed by atoms with Crippen LogP contribution in [0.2, 0.25) is 0 Å². The number of hydrogen-bond acceptors (Lipinski definition) is 3. The predicted molar refractivity (Wildman–Crippen MR) is 91.5 cm³/mol. The molecule has 0 aromatic carbocycles. The maximum absolute atomic E-state index is 12.8. The summed E-state index contributed by atoms with van der Waals surface area (Å²) in [7, 11) is 0. The Balaban J connectivity index is 2.12. The van der Waals surface area contributed by atoms with Crippen molar-refractivity contribution in [2.75, 3.05) is 12.8 Å². The molecule has 2 atom stereocenters.